The van der Waals surface area contributed by atoms with Crippen molar-refractivity contribution in [2.24, 2.45) is 50.2 Å². The number of fused-ring (bicyclic) bond motifs is 7. The summed E-state index contributed by atoms with van der Waals surface area (Å²) >= 11 is 0. The summed E-state index contributed by atoms with van der Waals surface area (Å²) in [5, 5.41) is 187. The predicted molar refractivity (Wildman–Crippen MR) is 320 cm³/mol. The van der Waals surface area contributed by atoms with Crippen LogP contribution in [0.3, 0.4) is 0 Å². The minimum Gasteiger partial charge on any atom is -0.451 e. The number of allylic oxidation sites excluding steroid dienone is 3. The maximum absolute atomic E-state index is 13.4. The highest BCUT2D eigenvalue weighted by atomic mass is 16.8. The van der Waals surface area contributed by atoms with Gasteiger partial charge in [-0.25, -0.2) is 4.79 Å². The first kappa shape index (κ1) is 74.6. The molecule has 10 rings (SSSR count). The first-order valence-corrected chi connectivity index (χ1v) is 33.4. The van der Waals surface area contributed by atoms with Crippen molar-refractivity contribution < 1.29 is 144 Å². The Morgan fingerprint density at radius 1 is 0.543 bits per heavy atom. The second-order valence-electron chi connectivity index (χ2n) is 30.7. The van der Waals surface area contributed by atoms with E-state index in [0.717, 1.165) is 18.4 Å². The van der Waals surface area contributed by atoms with Gasteiger partial charge in [0.2, 0.25) is 0 Å². The fraction of sp³-hybridized carbons (Fsp3) is 0.923. The topological polar surface area (TPSA) is 463 Å². The molecule has 94 heavy (non-hydrogen) atoms. The summed E-state index contributed by atoms with van der Waals surface area (Å²) in [5.41, 5.74) is -2.51. The number of hydrogen-bond acceptors (Lipinski definition) is 29. The quantitative estimate of drug-likeness (QED) is 0.0294. The SMILES string of the molecule is C/C=C(/C)C(=O)O[C@H]1[C@H](O[C@H]2CC[C@]3(C)[C@H]4CC=C5[C@@H]6CC(C)(C)[C@@H](O)[C@H](O)[C@]6(CO[C@@H]6O[C@H](CO[C@@H]7O[C@H](CO)[C@@H](O)[C@H](O)[C@H]7O)[C@@H](O)[C@H](O)[C@H]6O[C@@H]6O[C@@H](C)[C@H](O)[C@@H](O)[C@H]6O)CC[C@@]5(C)[C@]4(C)CC[C@H]3C2(C)C)O[C@H](CO[C@@H]2O[C@H](CO)[C@@H](O)[C@H](O)[C@H]2O)[C@@H](O)[C@@H]1O. The van der Waals surface area contributed by atoms with Crippen LogP contribution >= 0.6 is 0 Å². The molecule has 0 aromatic heterocycles. The van der Waals surface area contributed by atoms with Gasteiger partial charge in [-0.1, -0.05) is 66.2 Å². The standard InChI is InChI=1S/C65H106O29/c1-11-26(2)54(83)93-51-46(77)41(72)33(24-85-56-48(79)44(75)39(70)31(22-67)89-56)91-59(51)92-36-15-16-62(8)34(61(36,6)7)14-17-64(10)35(62)13-12-28-29-20-60(4,5)52(81)53(82)65(29,19-18-63(28,64)9)25-86-58-50(94-57-49(80)42(73)37(68)27(3)87-57)45(76)40(71)32(90-58)23-84-55-47(78)43(74)38(69)30(21-66)88-55/h11-12,27,29-53,55-59,66-82H,13-25H2,1-10H3/b26-11-/t27-,29-,30+,31+,32+,33+,34-,35+,36-,37-,38+,39+,40+,41+,42+,43-,44-,45-,46-,47+,48+,49+,50+,51+,52-,53-,55+,56+,57-,58+,59-,62-,63+,64+,65-/m0/s1. The molecule has 9 fully saturated rings. The van der Waals surface area contributed by atoms with Gasteiger partial charge in [0.15, 0.2) is 37.6 Å². The van der Waals surface area contributed by atoms with E-state index in [1.165, 1.54) is 19.9 Å². The number of carbonyl (C=O) groups excluding carboxylic acids is 1. The van der Waals surface area contributed by atoms with Crippen molar-refractivity contribution >= 4 is 5.97 Å². The third-order valence-corrected chi connectivity index (χ3v) is 24.8. The number of ether oxygens (including phenoxy) is 11. The number of hydrogen-bond donors (Lipinski definition) is 17. The van der Waals surface area contributed by atoms with Gasteiger partial charge in [0, 0.05) is 11.0 Å². The van der Waals surface area contributed by atoms with Crippen molar-refractivity contribution in [1.82, 2.24) is 0 Å². The van der Waals surface area contributed by atoms with Crippen LogP contribution in [-0.2, 0) is 56.9 Å². The van der Waals surface area contributed by atoms with E-state index in [2.05, 4.69) is 40.7 Å². The zero-order valence-corrected chi connectivity index (χ0v) is 55.2. The Kier molecular flexibility index (Phi) is 22.2. The van der Waals surface area contributed by atoms with Crippen LogP contribution < -0.4 is 0 Å². The fourth-order valence-corrected chi connectivity index (χ4v) is 18.4. The third kappa shape index (κ3) is 12.8. The minimum absolute atomic E-state index is 0.0235. The van der Waals surface area contributed by atoms with Crippen molar-refractivity contribution in [3.05, 3.63) is 23.3 Å². The van der Waals surface area contributed by atoms with Crippen molar-refractivity contribution in [1.29, 1.82) is 0 Å². The van der Waals surface area contributed by atoms with E-state index in [-0.39, 0.29) is 34.8 Å². The van der Waals surface area contributed by atoms with Gasteiger partial charge in [-0.3, -0.25) is 0 Å². The number of rotatable bonds is 17. The van der Waals surface area contributed by atoms with Crippen molar-refractivity contribution in [2.45, 2.75) is 292 Å². The Morgan fingerprint density at radius 3 is 1.63 bits per heavy atom. The molecule has 0 bridgehead atoms. The molecule has 0 unspecified atom stereocenters. The van der Waals surface area contributed by atoms with E-state index in [1.807, 2.05) is 13.8 Å². The molecule has 10 aliphatic rings. The van der Waals surface area contributed by atoms with Gasteiger partial charge in [0.1, 0.15) is 110 Å². The first-order chi connectivity index (χ1) is 44.0. The summed E-state index contributed by atoms with van der Waals surface area (Å²) in [6.07, 6.45) is -35.6. The summed E-state index contributed by atoms with van der Waals surface area (Å²) in [4.78, 5) is 13.4. The van der Waals surface area contributed by atoms with E-state index in [1.54, 1.807) is 6.92 Å². The first-order valence-electron chi connectivity index (χ1n) is 33.4. The summed E-state index contributed by atoms with van der Waals surface area (Å²) in [6, 6.07) is 0. The van der Waals surface area contributed by atoms with Crippen molar-refractivity contribution in [3.63, 3.8) is 0 Å². The lowest BCUT2D eigenvalue weighted by molar-refractivity contribution is -0.374. The van der Waals surface area contributed by atoms with Crippen LogP contribution in [0, 0.1) is 50.2 Å². The lowest BCUT2D eigenvalue weighted by Gasteiger charge is -2.72. The maximum atomic E-state index is 13.4. The summed E-state index contributed by atoms with van der Waals surface area (Å²) < 4.78 is 66.9. The average Bonchev–Trinajstić information content (AvgIpc) is 0.674. The van der Waals surface area contributed by atoms with Crippen LogP contribution in [0.4, 0.5) is 0 Å². The van der Waals surface area contributed by atoms with Gasteiger partial charge < -0.3 is 139 Å². The van der Waals surface area contributed by atoms with Gasteiger partial charge in [-0.15, -0.1) is 0 Å². The van der Waals surface area contributed by atoms with E-state index in [4.69, 9.17) is 52.1 Å². The molecule has 35 atom stereocenters. The highest BCUT2D eigenvalue weighted by Crippen LogP contribution is 2.76. The highest BCUT2D eigenvalue weighted by Gasteiger charge is 2.71. The lowest BCUT2D eigenvalue weighted by Crippen LogP contribution is -2.69. The molecular weight excluding hydrogens is 1240 g/mol. The number of carbonyl (C=O) groups is 1. The molecule has 540 valence electrons. The highest BCUT2D eigenvalue weighted by molar-refractivity contribution is 5.87. The second-order valence-corrected chi connectivity index (χ2v) is 30.7. The molecule has 0 aromatic carbocycles. The Morgan fingerprint density at radius 2 is 1.06 bits per heavy atom. The smallest absolute Gasteiger partial charge is 0.333 e. The third-order valence-electron chi connectivity index (χ3n) is 24.8. The number of aliphatic hydroxyl groups excluding tert-OH is 17. The van der Waals surface area contributed by atoms with Crippen LogP contribution in [-0.4, -0.2) is 298 Å². The largest absolute Gasteiger partial charge is 0.451 e. The van der Waals surface area contributed by atoms with Gasteiger partial charge in [0.05, 0.1) is 57.5 Å². The second kappa shape index (κ2) is 28.0. The van der Waals surface area contributed by atoms with Crippen molar-refractivity contribution in [3.8, 4) is 0 Å². The van der Waals surface area contributed by atoms with Gasteiger partial charge >= 0.3 is 5.97 Å². The number of aliphatic hydroxyl groups is 17. The van der Waals surface area contributed by atoms with E-state index < -0.39 is 232 Å². The molecule has 4 saturated carbocycles. The van der Waals surface area contributed by atoms with Crippen LogP contribution in [0.2, 0.25) is 0 Å². The van der Waals surface area contributed by atoms with Crippen LogP contribution in [0.1, 0.15) is 121 Å². The van der Waals surface area contributed by atoms with Crippen LogP contribution in [0.25, 0.3) is 0 Å². The van der Waals surface area contributed by atoms with Gasteiger partial charge in [-0.2, -0.15) is 0 Å². The molecule has 0 spiro atoms. The molecule has 0 radical (unpaired) electrons. The molecule has 5 saturated heterocycles. The predicted octanol–water partition coefficient (Wildman–Crippen LogP) is -3.25. The van der Waals surface area contributed by atoms with E-state index in [9.17, 15) is 91.6 Å². The molecule has 5 aliphatic carbocycles. The Bertz CT molecular complexity index is 2660. The Hall–Kier alpha value is -2.13. The van der Waals surface area contributed by atoms with E-state index >= 15 is 0 Å². The molecule has 29 heteroatoms. The normalized spacial score (nSPS) is 52.7. The van der Waals surface area contributed by atoms with Crippen molar-refractivity contribution in [2.75, 3.05) is 33.0 Å². The minimum atomic E-state index is -1.92. The zero-order chi connectivity index (χ0) is 69.0. The molecule has 17 N–H and O–H groups in total. The number of esters is 1. The molecule has 29 nitrogen and oxygen atoms in total. The summed E-state index contributed by atoms with van der Waals surface area (Å²) in [7, 11) is 0. The summed E-state index contributed by atoms with van der Waals surface area (Å²) in [6.45, 7) is 16.7. The molecular formula is C65H106O29. The lowest BCUT2D eigenvalue weighted by atomic mass is 9.33. The monoisotopic (exact) mass is 1350 g/mol. The molecule has 0 aromatic rings. The van der Waals surface area contributed by atoms with Gasteiger partial charge in [0.25, 0.3) is 0 Å². The van der Waals surface area contributed by atoms with Crippen LogP contribution in [0.15, 0.2) is 23.3 Å². The van der Waals surface area contributed by atoms with Crippen LogP contribution in [0.5, 0.6) is 0 Å². The molecule has 5 aliphatic heterocycles. The fourth-order valence-electron chi connectivity index (χ4n) is 18.4. The Labute approximate surface area is 547 Å². The Balaban J connectivity index is 0.906. The molecule has 5 heterocycles. The zero-order valence-electron chi connectivity index (χ0n) is 55.2. The van der Waals surface area contributed by atoms with Gasteiger partial charge in [-0.05, 0) is 117 Å². The maximum Gasteiger partial charge on any atom is 0.333 e. The van der Waals surface area contributed by atoms with E-state index in [0.29, 0.717) is 38.5 Å². The average molecular weight is 1350 g/mol. The summed E-state index contributed by atoms with van der Waals surface area (Å²) in [5.74, 6) is -1.09. The molecule has 0 amide bonds.